The van der Waals surface area contributed by atoms with Gasteiger partial charge in [-0.1, -0.05) is 0 Å². The van der Waals surface area contributed by atoms with Crippen LogP contribution in [-0.4, -0.2) is 42.6 Å². The topological polar surface area (TPSA) is 97.6 Å². The number of pyridine rings is 1. The van der Waals surface area contributed by atoms with Gasteiger partial charge >= 0.3 is 0 Å². The van der Waals surface area contributed by atoms with E-state index in [9.17, 15) is 13.6 Å². The molecular formula is C17H15F2N7O. The van der Waals surface area contributed by atoms with Crippen LogP contribution in [0.1, 0.15) is 16.9 Å². The van der Waals surface area contributed by atoms with Gasteiger partial charge in [0.1, 0.15) is 5.69 Å². The quantitative estimate of drug-likeness (QED) is 0.713. The van der Waals surface area contributed by atoms with Gasteiger partial charge in [0, 0.05) is 37.6 Å². The highest BCUT2D eigenvalue weighted by Crippen LogP contribution is 2.41. The molecule has 138 valence electrons. The minimum Gasteiger partial charge on any atom is -0.342 e. The third-order valence-electron chi connectivity index (χ3n) is 4.04. The van der Waals surface area contributed by atoms with E-state index in [1.54, 1.807) is 42.5 Å². The van der Waals surface area contributed by atoms with Crippen LogP contribution in [0.4, 0.5) is 20.4 Å². The van der Waals surface area contributed by atoms with Crippen LogP contribution < -0.4 is 10.6 Å². The van der Waals surface area contributed by atoms with Crippen molar-refractivity contribution < 1.29 is 13.6 Å². The second-order valence-corrected chi connectivity index (χ2v) is 6.22. The number of anilines is 2. The average Bonchev–Trinajstić information content (AvgIpc) is 3.04. The summed E-state index contributed by atoms with van der Waals surface area (Å²) in [5.74, 6) is -3.04. The molecule has 3 aromatic heterocycles. The Bertz CT molecular complexity index is 987. The van der Waals surface area contributed by atoms with Crippen LogP contribution in [0.25, 0.3) is 11.3 Å². The number of nitrogens with one attached hydrogen (secondary N) is 2. The number of carbonyl (C=O) groups is 1. The molecule has 1 aliphatic carbocycles. The Morgan fingerprint density at radius 2 is 2.07 bits per heavy atom. The van der Waals surface area contributed by atoms with Gasteiger partial charge in [-0.25, -0.2) is 18.7 Å². The van der Waals surface area contributed by atoms with E-state index < -0.39 is 17.9 Å². The van der Waals surface area contributed by atoms with E-state index in [-0.39, 0.29) is 12.1 Å². The number of aromatic nitrogens is 5. The van der Waals surface area contributed by atoms with Crippen LogP contribution in [0.5, 0.6) is 0 Å². The summed E-state index contributed by atoms with van der Waals surface area (Å²) < 4.78 is 27.4. The van der Waals surface area contributed by atoms with Crippen LogP contribution in [0.15, 0.2) is 43.0 Å². The van der Waals surface area contributed by atoms with Crippen molar-refractivity contribution in [3.63, 3.8) is 0 Å². The number of rotatable bonds is 5. The molecule has 1 saturated carbocycles. The predicted octanol–water partition coefficient (Wildman–Crippen LogP) is 2.15. The van der Waals surface area contributed by atoms with Crippen LogP contribution in [0.3, 0.4) is 0 Å². The fourth-order valence-electron chi connectivity index (χ4n) is 2.48. The zero-order valence-corrected chi connectivity index (χ0v) is 14.2. The van der Waals surface area contributed by atoms with Crippen molar-refractivity contribution >= 4 is 17.5 Å². The maximum absolute atomic E-state index is 12.9. The highest BCUT2D eigenvalue weighted by Gasteiger charge is 2.57. The fraction of sp³-hybridized carbons (Fsp3) is 0.235. The Morgan fingerprint density at radius 1 is 1.26 bits per heavy atom. The smallest absolute Gasteiger partial charge is 0.270 e. The van der Waals surface area contributed by atoms with Crippen molar-refractivity contribution in [3.05, 3.63) is 48.7 Å². The lowest BCUT2D eigenvalue weighted by Crippen LogP contribution is -2.29. The van der Waals surface area contributed by atoms with E-state index in [2.05, 4.69) is 30.7 Å². The molecule has 3 heterocycles. The van der Waals surface area contributed by atoms with Crippen LogP contribution in [0, 0.1) is 0 Å². The van der Waals surface area contributed by atoms with Crippen molar-refractivity contribution in [1.29, 1.82) is 0 Å². The molecule has 8 nitrogen and oxygen atoms in total. The van der Waals surface area contributed by atoms with Gasteiger partial charge < -0.3 is 10.6 Å². The number of hydrogen-bond acceptors (Lipinski definition) is 6. The summed E-state index contributed by atoms with van der Waals surface area (Å²) in [6.45, 7) is 0. The molecule has 0 spiro atoms. The van der Waals surface area contributed by atoms with Gasteiger partial charge in [0.2, 0.25) is 5.95 Å². The van der Waals surface area contributed by atoms with Gasteiger partial charge in [0.15, 0.2) is 0 Å². The molecule has 3 aromatic rings. The molecule has 0 radical (unpaired) electrons. The summed E-state index contributed by atoms with van der Waals surface area (Å²) in [5.41, 5.74) is 2.09. The summed E-state index contributed by atoms with van der Waals surface area (Å²) in [5, 5.41) is 9.36. The minimum absolute atomic E-state index is 0.0733. The first kappa shape index (κ1) is 17.0. The van der Waals surface area contributed by atoms with Gasteiger partial charge in [0.05, 0.1) is 23.6 Å². The normalized spacial score (nSPS) is 17.4. The standard InChI is InChI=1S/C17H15F2N7O/c1-26-9-11(8-22-26)23-16-20-5-4-12(24-16)10-2-3-13(21-7-10)15(27)25-14-6-17(14,18)19/h2-5,7-9,14H,6H2,1H3,(H,25,27)(H,20,23,24). The van der Waals surface area contributed by atoms with Crippen molar-refractivity contribution in [2.75, 3.05) is 5.32 Å². The lowest BCUT2D eigenvalue weighted by Gasteiger charge is -2.06. The third-order valence-corrected chi connectivity index (χ3v) is 4.04. The van der Waals surface area contributed by atoms with E-state index >= 15 is 0 Å². The summed E-state index contributed by atoms with van der Waals surface area (Å²) in [6, 6.07) is 3.73. The Balaban J connectivity index is 1.47. The first-order valence-corrected chi connectivity index (χ1v) is 8.14. The van der Waals surface area contributed by atoms with E-state index in [0.29, 0.717) is 17.2 Å². The van der Waals surface area contributed by atoms with Crippen LogP contribution in [0.2, 0.25) is 0 Å². The zero-order valence-electron chi connectivity index (χ0n) is 14.2. The van der Waals surface area contributed by atoms with Gasteiger partial charge in [-0.2, -0.15) is 5.10 Å². The van der Waals surface area contributed by atoms with Crippen molar-refractivity contribution in [2.45, 2.75) is 18.4 Å². The van der Waals surface area contributed by atoms with Crippen molar-refractivity contribution in [1.82, 2.24) is 30.0 Å². The first-order valence-electron chi connectivity index (χ1n) is 8.14. The Labute approximate surface area is 152 Å². The molecule has 1 fully saturated rings. The molecule has 0 aromatic carbocycles. The maximum Gasteiger partial charge on any atom is 0.270 e. The van der Waals surface area contributed by atoms with Gasteiger partial charge in [-0.15, -0.1) is 0 Å². The molecule has 1 aliphatic rings. The summed E-state index contributed by atoms with van der Waals surface area (Å²) >= 11 is 0. The summed E-state index contributed by atoms with van der Waals surface area (Å²) in [4.78, 5) is 24.5. The average molecular weight is 371 g/mol. The second kappa shape index (κ2) is 6.38. The molecule has 1 amide bonds. The number of hydrogen-bond donors (Lipinski definition) is 2. The molecule has 27 heavy (non-hydrogen) atoms. The van der Waals surface area contributed by atoms with Crippen molar-refractivity contribution in [3.8, 4) is 11.3 Å². The highest BCUT2D eigenvalue weighted by molar-refractivity contribution is 5.93. The van der Waals surface area contributed by atoms with Crippen molar-refractivity contribution in [2.24, 2.45) is 7.05 Å². The molecule has 2 N–H and O–H groups in total. The molecular weight excluding hydrogens is 356 g/mol. The Kier molecular flexibility index (Phi) is 4.02. The molecule has 1 atom stereocenters. The molecule has 0 bridgehead atoms. The van der Waals surface area contributed by atoms with E-state index in [0.717, 1.165) is 5.69 Å². The molecule has 0 aliphatic heterocycles. The number of amides is 1. The summed E-state index contributed by atoms with van der Waals surface area (Å²) in [7, 11) is 1.80. The molecule has 10 heteroatoms. The van der Waals surface area contributed by atoms with E-state index in [1.807, 2.05) is 0 Å². The number of nitrogens with zero attached hydrogens (tertiary/aromatic N) is 5. The van der Waals surface area contributed by atoms with Crippen LogP contribution >= 0.6 is 0 Å². The van der Waals surface area contributed by atoms with E-state index in [1.165, 1.54) is 12.3 Å². The largest absolute Gasteiger partial charge is 0.342 e. The lowest BCUT2D eigenvalue weighted by atomic mass is 10.2. The fourth-order valence-corrected chi connectivity index (χ4v) is 2.48. The van der Waals surface area contributed by atoms with Crippen LogP contribution in [-0.2, 0) is 7.05 Å². The Hall–Kier alpha value is -3.43. The second-order valence-electron chi connectivity index (χ2n) is 6.22. The highest BCUT2D eigenvalue weighted by atomic mass is 19.3. The van der Waals surface area contributed by atoms with Gasteiger partial charge in [-0.3, -0.25) is 14.5 Å². The SMILES string of the molecule is Cn1cc(Nc2nccc(-c3ccc(C(=O)NC4CC4(F)F)nc3)n2)cn1. The van der Waals surface area contributed by atoms with Gasteiger partial charge in [-0.05, 0) is 18.2 Å². The molecule has 1 unspecified atom stereocenters. The lowest BCUT2D eigenvalue weighted by molar-refractivity contribution is 0.0845. The number of alkyl halides is 2. The number of carbonyl (C=O) groups excluding carboxylic acids is 1. The predicted molar refractivity (Wildman–Crippen MR) is 92.6 cm³/mol. The molecule has 0 saturated heterocycles. The third kappa shape index (κ3) is 3.73. The zero-order chi connectivity index (χ0) is 19.0. The summed E-state index contributed by atoms with van der Waals surface area (Å²) in [6.07, 6.45) is 6.17. The number of halogens is 2. The Morgan fingerprint density at radius 3 is 2.70 bits per heavy atom. The first-order chi connectivity index (χ1) is 12.9. The maximum atomic E-state index is 12.9. The number of aryl methyl sites for hydroxylation is 1. The molecule has 4 rings (SSSR count). The van der Waals surface area contributed by atoms with E-state index in [4.69, 9.17) is 0 Å². The minimum atomic E-state index is -2.81. The monoisotopic (exact) mass is 371 g/mol. The van der Waals surface area contributed by atoms with Gasteiger partial charge in [0.25, 0.3) is 11.8 Å².